The molecule has 0 unspecified atom stereocenters. The molecule has 0 aliphatic carbocycles. The Bertz CT molecular complexity index is 35.8. The van der Waals surface area contributed by atoms with Gasteiger partial charge in [0.15, 0.2) is 0 Å². The van der Waals surface area contributed by atoms with Crippen LogP contribution in [0.5, 0.6) is 0 Å². The normalized spacial score (nSPS) is 3.75. The summed E-state index contributed by atoms with van der Waals surface area (Å²) in [7, 11) is 1.44. The van der Waals surface area contributed by atoms with Gasteiger partial charge >= 0.3 is 8.05 Å². The van der Waals surface area contributed by atoms with Gasteiger partial charge in [-0.05, 0) is 0 Å². The minimum absolute atomic E-state index is 1.44. The molecule has 1 nitrogen and oxygen atoms in total. The fourth-order valence-corrected chi connectivity index (χ4v) is 0. The molecule has 0 rings (SSSR count). The molecular weight excluding hydrogens is 50.8 g/mol. The van der Waals surface area contributed by atoms with E-state index in [1.54, 1.807) is 0 Å². The molecule has 0 bridgehead atoms. The first-order valence-corrected chi connectivity index (χ1v) is 0.901. The summed E-state index contributed by atoms with van der Waals surface area (Å²) >= 11 is 0. The number of hydrogen-bond donors (Lipinski definition) is 0. The van der Waals surface area contributed by atoms with E-state index in [0.717, 1.165) is 0 Å². The summed E-state index contributed by atoms with van der Waals surface area (Å²) in [4.78, 5) is 0. The van der Waals surface area contributed by atoms with Gasteiger partial charge in [0.05, 0.1) is 6.11 Å². The molecule has 0 heterocycles. The Morgan fingerprint density at radius 3 is 2.25 bits per heavy atom. The largest absolute Gasteiger partial charge is 0.526 e. The Morgan fingerprint density at radius 2 is 2.25 bits per heavy atom. The third-order valence-electron chi connectivity index (χ3n) is 0.118. The summed E-state index contributed by atoms with van der Waals surface area (Å²) in [5.41, 5.74) is 0. The van der Waals surface area contributed by atoms with E-state index in [4.69, 9.17) is 0 Å². The van der Waals surface area contributed by atoms with Gasteiger partial charge in [-0.3, -0.25) is 0 Å². The highest BCUT2D eigenvalue weighted by Gasteiger charge is 1.38. The topological polar surface area (TPSA) is 9.23 Å². The Hall–Kier alpha value is -0.575. The van der Waals surface area contributed by atoms with Gasteiger partial charge in [0.2, 0.25) is 0 Å². The molecular formula is C2H3BO. The highest BCUT2D eigenvalue weighted by molar-refractivity contribution is 5.98. The van der Waals surface area contributed by atoms with Gasteiger partial charge in [0, 0.05) is 0 Å². The van der Waals surface area contributed by atoms with E-state index in [0.29, 0.717) is 0 Å². The second kappa shape index (κ2) is 2.42. The van der Waals surface area contributed by atoms with Gasteiger partial charge in [0.1, 0.15) is 0 Å². The van der Waals surface area contributed by atoms with Crippen LogP contribution in [0.4, 0.5) is 0 Å². The van der Waals surface area contributed by atoms with Crippen LogP contribution in [0.1, 0.15) is 0 Å². The predicted octanol–water partition coefficient (Wildman–Crippen LogP) is -0.858. The van der Waals surface area contributed by atoms with Crippen molar-refractivity contribution in [3.8, 4) is 12.5 Å². The van der Waals surface area contributed by atoms with Gasteiger partial charge < -0.3 is 4.65 Å². The van der Waals surface area contributed by atoms with Crippen molar-refractivity contribution in [3.63, 3.8) is 0 Å². The summed E-state index contributed by atoms with van der Waals surface area (Å²) in [6, 6.07) is 0. The van der Waals surface area contributed by atoms with Crippen LogP contribution in [0, 0.1) is 12.5 Å². The Balaban J connectivity index is 2.43. The standard InChI is InChI=1S/C2H3BO/c1-2-4-3/h1H,3H2. The molecule has 0 aromatic rings. The molecule has 0 aromatic heterocycles. The Kier molecular flexibility index (Phi) is 2.08. The van der Waals surface area contributed by atoms with Crippen LogP contribution in [0.2, 0.25) is 0 Å². The van der Waals surface area contributed by atoms with E-state index in [-0.39, 0.29) is 0 Å². The van der Waals surface area contributed by atoms with Crippen molar-refractivity contribution < 1.29 is 4.65 Å². The summed E-state index contributed by atoms with van der Waals surface area (Å²) in [6.45, 7) is 0. The molecule has 0 saturated heterocycles. The summed E-state index contributed by atoms with van der Waals surface area (Å²) in [5.74, 6) is 0. The van der Waals surface area contributed by atoms with E-state index >= 15 is 0 Å². The summed E-state index contributed by atoms with van der Waals surface area (Å²) in [6.07, 6.45) is 6.49. The van der Waals surface area contributed by atoms with Gasteiger partial charge in [-0.1, -0.05) is 6.42 Å². The van der Waals surface area contributed by atoms with E-state index in [9.17, 15) is 0 Å². The second-order valence-corrected chi connectivity index (χ2v) is 0.322. The highest BCUT2D eigenvalue weighted by atomic mass is 16.4. The van der Waals surface area contributed by atoms with Crippen LogP contribution in [0.25, 0.3) is 0 Å². The van der Waals surface area contributed by atoms with Crippen molar-refractivity contribution in [2.45, 2.75) is 0 Å². The first-order valence-electron chi connectivity index (χ1n) is 0.901. The zero-order chi connectivity index (χ0) is 3.41. The molecule has 0 fully saturated rings. The van der Waals surface area contributed by atoms with Crippen LogP contribution in [-0.2, 0) is 4.65 Å². The van der Waals surface area contributed by atoms with Crippen molar-refractivity contribution in [1.29, 1.82) is 0 Å². The fourth-order valence-electron chi connectivity index (χ4n) is 0. The lowest BCUT2D eigenvalue weighted by molar-refractivity contribution is 0.580. The lowest BCUT2D eigenvalue weighted by atomic mass is 10.6. The van der Waals surface area contributed by atoms with Crippen molar-refractivity contribution in [2.75, 3.05) is 0 Å². The Morgan fingerprint density at radius 1 is 2.00 bits per heavy atom. The zero-order valence-corrected chi connectivity index (χ0v) is 2.49. The van der Waals surface area contributed by atoms with E-state index < -0.39 is 0 Å². The monoisotopic (exact) mass is 54.0 g/mol. The van der Waals surface area contributed by atoms with Crippen molar-refractivity contribution >= 4 is 8.05 Å². The van der Waals surface area contributed by atoms with Gasteiger partial charge in [-0.25, -0.2) is 0 Å². The van der Waals surface area contributed by atoms with Gasteiger partial charge in [-0.2, -0.15) is 0 Å². The SMILES string of the molecule is BOC#C. The van der Waals surface area contributed by atoms with Crippen LogP contribution >= 0.6 is 0 Å². The molecule has 20 valence electrons. The highest BCUT2D eigenvalue weighted by Crippen LogP contribution is 1.38. The first-order chi connectivity index (χ1) is 1.91. The van der Waals surface area contributed by atoms with E-state index in [2.05, 4.69) is 11.1 Å². The maximum absolute atomic E-state index is 4.56. The van der Waals surface area contributed by atoms with E-state index in [1.807, 2.05) is 6.11 Å². The molecule has 0 N–H and O–H groups in total. The van der Waals surface area contributed by atoms with Crippen LogP contribution in [0.15, 0.2) is 0 Å². The number of terminal acetylenes is 1. The number of rotatable bonds is 0. The minimum Gasteiger partial charge on any atom is -0.526 e. The molecule has 0 aliphatic rings. The van der Waals surface area contributed by atoms with Crippen molar-refractivity contribution in [2.24, 2.45) is 0 Å². The zero-order valence-electron chi connectivity index (χ0n) is 2.49. The smallest absolute Gasteiger partial charge is 0.337 e. The average molecular weight is 53.9 g/mol. The lowest BCUT2D eigenvalue weighted by Crippen LogP contribution is -1.60. The maximum atomic E-state index is 4.56. The van der Waals surface area contributed by atoms with Crippen LogP contribution in [-0.4, -0.2) is 8.05 Å². The molecule has 2 heteroatoms. The predicted molar refractivity (Wildman–Crippen MR) is 18.5 cm³/mol. The minimum atomic E-state index is 1.44. The third-order valence-corrected chi connectivity index (χ3v) is 0.118. The van der Waals surface area contributed by atoms with E-state index in [1.165, 1.54) is 8.05 Å². The average Bonchev–Trinajstić information content (AvgIpc) is 1.37. The Labute approximate surface area is 26.4 Å². The van der Waals surface area contributed by atoms with Crippen molar-refractivity contribution in [1.82, 2.24) is 0 Å². The molecule has 0 atom stereocenters. The second-order valence-electron chi connectivity index (χ2n) is 0.322. The fraction of sp³-hybridized carbons (Fsp3) is 0. The van der Waals surface area contributed by atoms with Crippen LogP contribution < -0.4 is 0 Å². The van der Waals surface area contributed by atoms with Crippen LogP contribution in [0.3, 0.4) is 0 Å². The third kappa shape index (κ3) is 1.42. The molecule has 4 heavy (non-hydrogen) atoms. The quantitative estimate of drug-likeness (QED) is 0.258. The molecule has 0 aliphatic heterocycles. The first kappa shape index (κ1) is 3.42. The number of hydrogen-bond acceptors (Lipinski definition) is 1. The van der Waals surface area contributed by atoms with Gasteiger partial charge in [-0.15, -0.1) is 0 Å². The lowest BCUT2D eigenvalue weighted by Gasteiger charge is -1.67. The summed E-state index contributed by atoms with van der Waals surface area (Å²) in [5, 5.41) is 0. The molecule has 0 amide bonds. The molecule has 0 saturated carbocycles. The summed E-state index contributed by atoms with van der Waals surface area (Å²) < 4.78 is 4.07. The molecule has 0 spiro atoms. The molecule has 0 radical (unpaired) electrons. The van der Waals surface area contributed by atoms with Gasteiger partial charge in [0.25, 0.3) is 0 Å². The van der Waals surface area contributed by atoms with Crippen molar-refractivity contribution in [3.05, 3.63) is 0 Å². The molecule has 0 aromatic carbocycles. The maximum Gasteiger partial charge on any atom is 0.337 e.